The third kappa shape index (κ3) is 5.52. The maximum absolute atomic E-state index is 12.3. The second-order valence-corrected chi connectivity index (χ2v) is 6.72. The third-order valence-electron chi connectivity index (χ3n) is 4.44. The zero-order valence-electron chi connectivity index (χ0n) is 15.6. The van der Waals surface area contributed by atoms with Crippen molar-refractivity contribution in [2.45, 2.75) is 13.8 Å². The molecule has 2 amide bonds. The van der Waals surface area contributed by atoms with Gasteiger partial charge in [0.25, 0.3) is 0 Å². The van der Waals surface area contributed by atoms with Crippen LogP contribution < -0.4 is 5.32 Å². The summed E-state index contributed by atoms with van der Waals surface area (Å²) in [5.41, 5.74) is 2.20. The Balaban J connectivity index is 1.43. The van der Waals surface area contributed by atoms with Crippen LogP contribution in [0, 0.1) is 13.8 Å². The van der Waals surface area contributed by atoms with Crippen LogP contribution in [-0.2, 0) is 9.59 Å². The lowest BCUT2D eigenvalue weighted by atomic mass is 10.1. The van der Waals surface area contributed by atoms with Gasteiger partial charge in [-0.25, -0.2) is 0 Å². The van der Waals surface area contributed by atoms with Gasteiger partial charge in [-0.2, -0.15) is 0 Å². The predicted molar refractivity (Wildman–Crippen MR) is 103 cm³/mol. The van der Waals surface area contributed by atoms with Crippen molar-refractivity contribution >= 4 is 23.7 Å². The zero-order chi connectivity index (χ0) is 19.2. The first-order valence-corrected chi connectivity index (χ1v) is 8.99. The molecule has 0 radical (unpaired) electrons. The fraction of sp³-hybridized carbons (Fsp3) is 0.350. The number of carbonyl (C=O) groups is 2. The molecule has 142 valence electrons. The number of amides is 2. The Labute approximate surface area is 158 Å². The standard InChI is InChI=1S/C20H24N4O3/c1-15-3-5-17(6-4-15)7-8-20(26)24-11-9-23(10-12-24)14-19(25)21-18-13-16(2)27-22-18/h3-8,13H,9-12,14H2,1-2H3,(H,21,22,25). The molecule has 1 saturated heterocycles. The molecule has 0 spiro atoms. The van der Waals surface area contributed by atoms with Gasteiger partial charge in [-0.1, -0.05) is 35.0 Å². The van der Waals surface area contributed by atoms with Crippen molar-refractivity contribution in [1.82, 2.24) is 15.0 Å². The van der Waals surface area contributed by atoms with Gasteiger partial charge in [-0.3, -0.25) is 14.5 Å². The molecule has 1 aromatic heterocycles. The molecule has 7 heteroatoms. The van der Waals surface area contributed by atoms with Gasteiger partial charge in [0.1, 0.15) is 5.76 Å². The highest BCUT2D eigenvalue weighted by Crippen LogP contribution is 2.09. The first-order valence-electron chi connectivity index (χ1n) is 8.99. The van der Waals surface area contributed by atoms with Crippen molar-refractivity contribution in [2.75, 3.05) is 38.0 Å². The molecule has 0 bridgehead atoms. The normalized spacial score (nSPS) is 15.3. The highest BCUT2D eigenvalue weighted by Gasteiger charge is 2.21. The molecule has 0 unspecified atom stereocenters. The number of piperazine rings is 1. The second-order valence-electron chi connectivity index (χ2n) is 6.72. The number of rotatable bonds is 5. The average molecular weight is 368 g/mol. The van der Waals surface area contributed by atoms with Gasteiger partial charge in [0.15, 0.2) is 5.82 Å². The molecule has 1 N–H and O–H groups in total. The van der Waals surface area contributed by atoms with Crippen molar-refractivity contribution in [1.29, 1.82) is 0 Å². The number of nitrogens with one attached hydrogen (secondary N) is 1. The summed E-state index contributed by atoms with van der Waals surface area (Å²) >= 11 is 0. The van der Waals surface area contributed by atoms with E-state index in [0.29, 0.717) is 37.8 Å². The first kappa shape index (κ1) is 18.8. The van der Waals surface area contributed by atoms with E-state index in [0.717, 1.165) is 5.56 Å². The molecule has 0 aliphatic carbocycles. The quantitative estimate of drug-likeness (QED) is 0.818. The summed E-state index contributed by atoms with van der Waals surface area (Å²) < 4.78 is 4.93. The van der Waals surface area contributed by atoms with Gasteiger partial charge in [-0.15, -0.1) is 0 Å². The van der Waals surface area contributed by atoms with Crippen molar-refractivity contribution < 1.29 is 14.1 Å². The van der Waals surface area contributed by atoms with Crippen molar-refractivity contribution in [3.8, 4) is 0 Å². The van der Waals surface area contributed by atoms with Crippen LogP contribution in [0.3, 0.4) is 0 Å². The Morgan fingerprint density at radius 3 is 2.48 bits per heavy atom. The number of aryl methyl sites for hydroxylation is 2. The summed E-state index contributed by atoms with van der Waals surface area (Å²) in [5.74, 6) is 0.934. The van der Waals surface area contributed by atoms with Gasteiger partial charge in [0, 0.05) is 38.3 Å². The van der Waals surface area contributed by atoms with Gasteiger partial charge in [0.2, 0.25) is 11.8 Å². The fourth-order valence-corrected chi connectivity index (χ4v) is 2.89. The van der Waals surface area contributed by atoms with Gasteiger partial charge < -0.3 is 14.7 Å². The molecule has 7 nitrogen and oxygen atoms in total. The van der Waals surface area contributed by atoms with Crippen LogP contribution in [0.15, 0.2) is 40.9 Å². The maximum atomic E-state index is 12.3. The van der Waals surface area contributed by atoms with Crippen LogP contribution in [0.2, 0.25) is 0 Å². The van der Waals surface area contributed by atoms with Crippen LogP contribution >= 0.6 is 0 Å². The lowest BCUT2D eigenvalue weighted by molar-refractivity contribution is -0.127. The highest BCUT2D eigenvalue weighted by atomic mass is 16.5. The molecular formula is C20H24N4O3. The summed E-state index contributed by atoms with van der Waals surface area (Å²) in [6.45, 7) is 6.61. The number of hydrogen-bond donors (Lipinski definition) is 1. The van der Waals surface area contributed by atoms with Crippen LogP contribution in [0.25, 0.3) is 6.08 Å². The van der Waals surface area contributed by atoms with E-state index < -0.39 is 0 Å². The van der Waals surface area contributed by atoms with E-state index in [2.05, 4.69) is 10.5 Å². The Morgan fingerprint density at radius 2 is 1.85 bits per heavy atom. The number of aromatic nitrogens is 1. The Bertz CT molecular complexity index is 818. The molecule has 3 rings (SSSR count). The lowest BCUT2D eigenvalue weighted by Crippen LogP contribution is -2.50. The Hall–Kier alpha value is -2.93. The Kier molecular flexibility index (Phi) is 6.03. The molecule has 2 heterocycles. The Morgan fingerprint density at radius 1 is 1.15 bits per heavy atom. The van der Waals surface area contributed by atoms with Crippen LogP contribution in [-0.4, -0.2) is 59.5 Å². The smallest absolute Gasteiger partial charge is 0.246 e. The molecule has 1 fully saturated rings. The molecule has 2 aromatic rings. The number of hydrogen-bond acceptors (Lipinski definition) is 5. The highest BCUT2D eigenvalue weighted by molar-refractivity contribution is 5.92. The van der Waals surface area contributed by atoms with E-state index in [9.17, 15) is 9.59 Å². The number of nitrogens with zero attached hydrogens (tertiary/aromatic N) is 3. The minimum absolute atomic E-state index is 0.00208. The van der Waals surface area contributed by atoms with Crippen LogP contribution in [0.4, 0.5) is 5.82 Å². The maximum Gasteiger partial charge on any atom is 0.246 e. The number of anilines is 1. The minimum Gasteiger partial charge on any atom is -0.360 e. The SMILES string of the molecule is Cc1ccc(C=CC(=O)N2CCN(CC(=O)Nc3cc(C)on3)CC2)cc1. The third-order valence-corrected chi connectivity index (χ3v) is 4.44. The predicted octanol–water partition coefficient (Wildman–Crippen LogP) is 2.09. The van der Waals surface area contributed by atoms with E-state index in [1.54, 1.807) is 24.0 Å². The van der Waals surface area contributed by atoms with Crippen molar-refractivity contribution in [3.63, 3.8) is 0 Å². The van der Waals surface area contributed by atoms with E-state index in [1.165, 1.54) is 5.56 Å². The molecule has 0 atom stereocenters. The van der Waals surface area contributed by atoms with Crippen LogP contribution in [0.1, 0.15) is 16.9 Å². The summed E-state index contributed by atoms with van der Waals surface area (Å²) in [6, 6.07) is 9.70. The van der Waals surface area contributed by atoms with Gasteiger partial charge in [0.05, 0.1) is 6.54 Å². The molecular weight excluding hydrogens is 344 g/mol. The van der Waals surface area contributed by atoms with E-state index in [1.807, 2.05) is 42.2 Å². The fourth-order valence-electron chi connectivity index (χ4n) is 2.89. The minimum atomic E-state index is -0.137. The summed E-state index contributed by atoms with van der Waals surface area (Å²) in [5, 5.41) is 6.46. The molecule has 1 aliphatic heterocycles. The van der Waals surface area contributed by atoms with Gasteiger partial charge >= 0.3 is 0 Å². The topological polar surface area (TPSA) is 78.7 Å². The summed E-state index contributed by atoms with van der Waals surface area (Å²) in [6.07, 6.45) is 3.45. The zero-order valence-corrected chi connectivity index (χ0v) is 15.6. The molecule has 27 heavy (non-hydrogen) atoms. The van der Waals surface area contributed by atoms with Crippen LogP contribution in [0.5, 0.6) is 0 Å². The average Bonchev–Trinajstić information content (AvgIpc) is 3.06. The lowest BCUT2D eigenvalue weighted by Gasteiger charge is -2.33. The largest absolute Gasteiger partial charge is 0.360 e. The van der Waals surface area contributed by atoms with E-state index in [4.69, 9.17) is 4.52 Å². The summed E-state index contributed by atoms with van der Waals surface area (Å²) in [7, 11) is 0. The summed E-state index contributed by atoms with van der Waals surface area (Å²) in [4.78, 5) is 28.2. The van der Waals surface area contributed by atoms with Crippen molar-refractivity contribution in [2.24, 2.45) is 0 Å². The molecule has 1 aromatic carbocycles. The van der Waals surface area contributed by atoms with Gasteiger partial charge in [-0.05, 0) is 25.5 Å². The molecule has 1 aliphatic rings. The first-order chi connectivity index (χ1) is 13.0. The number of carbonyl (C=O) groups excluding carboxylic acids is 2. The number of benzene rings is 1. The monoisotopic (exact) mass is 368 g/mol. The van der Waals surface area contributed by atoms with Crippen molar-refractivity contribution in [3.05, 3.63) is 53.3 Å². The van der Waals surface area contributed by atoms with E-state index in [-0.39, 0.29) is 18.4 Å². The van der Waals surface area contributed by atoms with E-state index >= 15 is 0 Å². The molecule has 0 saturated carbocycles. The second kappa shape index (κ2) is 8.64.